The van der Waals surface area contributed by atoms with Crippen molar-refractivity contribution in [2.75, 3.05) is 7.11 Å². The number of benzene rings is 2. The summed E-state index contributed by atoms with van der Waals surface area (Å²) in [5.41, 5.74) is 1.44. The SMILES string of the molecule is COC(=O)C(Cc1ccc(OC2CCCCC2)cc1)NC(=O)c1ccccc1. The van der Waals surface area contributed by atoms with Crippen molar-refractivity contribution in [1.82, 2.24) is 5.32 Å². The van der Waals surface area contributed by atoms with E-state index in [9.17, 15) is 9.59 Å². The zero-order valence-corrected chi connectivity index (χ0v) is 16.2. The highest BCUT2D eigenvalue weighted by Crippen LogP contribution is 2.23. The largest absolute Gasteiger partial charge is 0.490 e. The van der Waals surface area contributed by atoms with Gasteiger partial charge in [0.25, 0.3) is 5.91 Å². The van der Waals surface area contributed by atoms with Gasteiger partial charge in [0, 0.05) is 12.0 Å². The van der Waals surface area contributed by atoms with Gasteiger partial charge in [-0.15, -0.1) is 0 Å². The number of methoxy groups -OCH3 is 1. The number of amides is 1. The van der Waals surface area contributed by atoms with Gasteiger partial charge in [0.2, 0.25) is 0 Å². The van der Waals surface area contributed by atoms with Crippen LogP contribution in [0.25, 0.3) is 0 Å². The van der Waals surface area contributed by atoms with Gasteiger partial charge in [0.1, 0.15) is 11.8 Å². The minimum absolute atomic E-state index is 0.298. The van der Waals surface area contributed by atoms with Gasteiger partial charge in [-0.05, 0) is 55.5 Å². The Morgan fingerprint density at radius 3 is 2.32 bits per heavy atom. The molecule has 1 atom stereocenters. The maximum absolute atomic E-state index is 12.4. The number of hydrogen-bond donors (Lipinski definition) is 1. The molecule has 148 valence electrons. The Morgan fingerprint density at radius 1 is 1.00 bits per heavy atom. The summed E-state index contributed by atoms with van der Waals surface area (Å²) in [6.07, 6.45) is 6.62. The molecule has 5 heteroatoms. The minimum atomic E-state index is -0.747. The first-order valence-electron chi connectivity index (χ1n) is 9.85. The average molecular weight is 381 g/mol. The fraction of sp³-hybridized carbons (Fsp3) is 0.391. The molecule has 0 saturated heterocycles. The smallest absolute Gasteiger partial charge is 0.328 e. The monoisotopic (exact) mass is 381 g/mol. The van der Waals surface area contributed by atoms with E-state index in [1.807, 2.05) is 30.3 Å². The first-order chi connectivity index (χ1) is 13.7. The zero-order valence-electron chi connectivity index (χ0n) is 16.2. The molecule has 0 radical (unpaired) electrons. The summed E-state index contributed by atoms with van der Waals surface area (Å²) >= 11 is 0. The minimum Gasteiger partial charge on any atom is -0.490 e. The second kappa shape index (κ2) is 9.93. The fourth-order valence-corrected chi connectivity index (χ4v) is 3.48. The third kappa shape index (κ3) is 5.59. The van der Waals surface area contributed by atoms with Gasteiger partial charge in [-0.3, -0.25) is 4.79 Å². The van der Waals surface area contributed by atoms with Gasteiger partial charge < -0.3 is 14.8 Å². The summed E-state index contributed by atoms with van der Waals surface area (Å²) in [7, 11) is 1.32. The molecule has 2 aromatic carbocycles. The van der Waals surface area contributed by atoms with E-state index in [0.29, 0.717) is 18.1 Å². The van der Waals surface area contributed by atoms with Crippen molar-refractivity contribution in [2.45, 2.75) is 50.7 Å². The molecule has 1 amide bonds. The average Bonchev–Trinajstić information content (AvgIpc) is 2.75. The third-order valence-corrected chi connectivity index (χ3v) is 5.05. The fourth-order valence-electron chi connectivity index (χ4n) is 3.48. The summed E-state index contributed by atoms with van der Waals surface area (Å²) in [6, 6.07) is 15.8. The molecule has 0 aliphatic heterocycles. The van der Waals surface area contributed by atoms with Crippen LogP contribution >= 0.6 is 0 Å². The number of ether oxygens (including phenoxy) is 2. The van der Waals surface area contributed by atoms with Crippen molar-refractivity contribution in [1.29, 1.82) is 0 Å². The molecule has 0 spiro atoms. The number of rotatable bonds is 7. The van der Waals surface area contributed by atoms with Crippen LogP contribution in [-0.2, 0) is 16.0 Å². The van der Waals surface area contributed by atoms with Crippen LogP contribution in [-0.4, -0.2) is 31.1 Å². The highest BCUT2D eigenvalue weighted by atomic mass is 16.5. The predicted octanol–water partition coefficient (Wildman–Crippen LogP) is 3.91. The van der Waals surface area contributed by atoms with Crippen LogP contribution in [0, 0.1) is 0 Å². The predicted molar refractivity (Wildman–Crippen MR) is 107 cm³/mol. The Balaban J connectivity index is 1.62. The lowest BCUT2D eigenvalue weighted by molar-refractivity contribution is -0.142. The Bertz CT molecular complexity index is 767. The van der Waals surface area contributed by atoms with Gasteiger partial charge in [-0.25, -0.2) is 4.79 Å². The summed E-state index contributed by atoms with van der Waals surface area (Å²) in [6.45, 7) is 0. The molecule has 28 heavy (non-hydrogen) atoms. The summed E-state index contributed by atoms with van der Waals surface area (Å²) in [5.74, 6) is 0.0821. The molecule has 2 aromatic rings. The number of nitrogens with one attached hydrogen (secondary N) is 1. The van der Waals surface area contributed by atoms with Crippen molar-refractivity contribution < 1.29 is 19.1 Å². The Morgan fingerprint density at radius 2 is 1.68 bits per heavy atom. The van der Waals surface area contributed by atoms with Crippen molar-refractivity contribution in [3.63, 3.8) is 0 Å². The highest BCUT2D eigenvalue weighted by molar-refractivity contribution is 5.96. The molecule has 1 saturated carbocycles. The zero-order chi connectivity index (χ0) is 19.8. The molecule has 1 fully saturated rings. The van der Waals surface area contributed by atoms with Crippen LogP contribution in [0.15, 0.2) is 54.6 Å². The maximum Gasteiger partial charge on any atom is 0.328 e. The molecule has 0 bridgehead atoms. The lowest BCUT2D eigenvalue weighted by Crippen LogP contribution is -2.43. The third-order valence-electron chi connectivity index (χ3n) is 5.05. The first kappa shape index (κ1) is 19.9. The first-order valence-corrected chi connectivity index (χ1v) is 9.85. The highest BCUT2D eigenvalue weighted by Gasteiger charge is 2.23. The molecule has 1 aliphatic rings. The Kier molecular flexibility index (Phi) is 7.06. The molecule has 3 rings (SSSR count). The van der Waals surface area contributed by atoms with Crippen molar-refractivity contribution in [2.24, 2.45) is 0 Å². The van der Waals surface area contributed by atoms with E-state index in [1.54, 1.807) is 24.3 Å². The van der Waals surface area contributed by atoms with Crippen LogP contribution in [0.1, 0.15) is 48.0 Å². The molecule has 1 unspecified atom stereocenters. The van der Waals surface area contributed by atoms with Crippen LogP contribution in [0.5, 0.6) is 5.75 Å². The molecular weight excluding hydrogens is 354 g/mol. The van der Waals surface area contributed by atoms with Crippen molar-refractivity contribution >= 4 is 11.9 Å². The molecule has 0 aromatic heterocycles. The van der Waals surface area contributed by atoms with Gasteiger partial charge >= 0.3 is 5.97 Å². The van der Waals surface area contributed by atoms with E-state index >= 15 is 0 Å². The van der Waals surface area contributed by atoms with Crippen molar-refractivity contribution in [3.8, 4) is 5.75 Å². The van der Waals surface area contributed by atoms with Crippen LogP contribution in [0.3, 0.4) is 0 Å². The van der Waals surface area contributed by atoms with E-state index in [1.165, 1.54) is 26.4 Å². The molecular formula is C23H27NO4. The number of esters is 1. The quantitative estimate of drug-likeness (QED) is 0.739. The van der Waals surface area contributed by atoms with Gasteiger partial charge in [-0.2, -0.15) is 0 Å². The molecule has 0 heterocycles. The summed E-state index contributed by atoms with van der Waals surface area (Å²) in [5, 5.41) is 2.77. The van der Waals surface area contributed by atoms with E-state index in [-0.39, 0.29) is 5.91 Å². The van der Waals surface area contributed by atoms with E-state index in [2.05, 4.69) is 5.32 Å². The number of hydrogen-bond acceptors (Lipinski definition) is 4. The van der Waals surface area contributed by atoms with Crippen LogP contribution in [0.4, 0.5) is 0 Å². The standard InChI is InChI=1S/C23H27NO4/c1-27-23(26)21(24-22(25)18-8-4-2-5-9-18)16-17-12-14-20(15-13-17)28-19-10-6-3-7-11-19/h2,4-5,8-9,12-15,19,21H,3,6-7,10-11,16H2,1H3,(H,24,25). The molecule has 5 nitrogen and oxygen atoms in total. The van der Waals surface area contributed by atoms with Crippen molar-refractivity contribution in [3.05, 3.63) is 65.7 Å². The van der Waals surface area contributed by atoms with Gasteiger partial charge in [0.15, 0.2) is 0 Å². The molecule has 1 N–H and O–H groups in total. The lowest BCUT2D eigenvalue weighted by atomic mass is 9.98. The molecule has 1 aliphatic carbocycles. The van der Waals surface area contributed by atoms with E-state index < -0.39 is 12.0 Å². The van der Waals surface area contributed by atoms with Gasteiger partial charge in [-0.1, -0.05) is 36.8 Å². The van der Waals surface area contributed by atoms with Crippen LogP contribution in [0.2, 0.25) is 0 Å². The maximum atomic E-state index is 12.4. The normalized spacial score (nSPS) is 15.5. The van der Waals surface area contributed by atoms with Crippen LogP contribution < -0.4 is 10.1 Å². The van der Waals surface area contributed by atoms with E-state index in [0.717, 1.165) is 24.2 Å². The summed E-state index contributed by atoms with van der Waals surface area (Å²) in [4.78, 5) is 24.6. The second-order valence-electron chi connectivity index (χ2n) is 7.14. The number of carbonyl (C=O) groups is 2. The van der Waals surface area contributed by atoms with Gasteiger partial charge in [0.05, 0.1) is 13.2 Å². The second-order valence-corrected chi connectivity index (χ2v) is 7.14. The Hall–Kier alpha value is -2.82. The number of carbonyl (C=O) groups excluding carboxylic acids is 2. The summed E-state index contributed by atoms with van der Waals surface area (Å²) < 4.78 is 10.9. The topological polar surface area (TPSA) is 64.6 Å². The lowest BCUT2D eigenvalue weighted by Gasteiger charge is -2.23. The van der Waals surface area contributed by atoms with E-state index in [4.69, 9.17) is 9.47 Å². The Labute approximate surface area is 166 Å².